The Morgan fingerprint density at radius 2 is 2.37 bits per heavy atom. The zero-order valence-corrected chi connectivity index (χ0v) is 10.3. The van der Waals surface area contributed by atoms with Gasteiger partial charge in [0.05, 0.1) is 11.4 Å². The van der Waals surface area contributed by atoms with E-state index in [-0.39, 0.29) is 17.9 Å². The number of fused-ring (bicyclic) bond motifs is 1. The van der Waals surface area contributed by atoms with Crippen molar-refractivity contribution in [2.75, 3.05) is 7.05 Å². The van der Waals surface area contributed by atoms with Crippen LogP contribution in [0.15, 0.2) is 27.4 Å². The maximum Gasteiger partial charge on any atom is 0.417 e. The molecular formula is C13H14N2O4. The number of H-pyrrole nitrogens is 1. The largest absolute Gasteiger partial charge is 0.481 e. The molecule has 1 fully saturated rings. The molecule has 6 heteroatoms. The van der Waals surface area contributed by atoms with Gasteiger partial charge in [-0.05, 0) is 37.1 Å². The van der Waals surface area contributed by atoms with Gasteiger partial charge in [-0.25, -0.2) is 4.79 Å². The van der Waals surface area contributed by atoms with Crippen molar-refractivity contribution < 1.29 is 14.3 Å². The van der Waals surface area contributed by atoms with Crippen molar-refractivity contribution in [2.45, 2.75) is 12.5 Å². The first-order valence-electron chi connectivity index (χ1n) is 6.13. The molecule has 3 unspecified atom stereocenters. The highest BCUT2D eigenvalue weighted by Gasteiger charge is 2.47. The van der Waals surface area contributed by atoms with Gasteiger partial charge in [-0.1, -0.05) is 6.07 Å². The standard InChI is InChI=1S/C13H14N2O4/c1-14-11(7-5-8(7)12(16)17)6-2-3-10-9(4-6)15-13(18)19-10/h2-4,7-8,11,14H,5H2,1H3,(H,15,18)(H,16,17). The van der Waals surface area contributed by atoms with Gasteiger partial charge in [-0.3, -0.25) is 9.78 Å². The molecule has 0 spiro atoms. The van der Waals surface area contributed by atoms with Gasteiger partial charge in [0, 0.05) is 6.04 Å². The topological polar surface area (TPSA) is 95.3 Å². The minimum atomic E-state index is -0.747. The van der Waals surface area contributed by atoms with Crippen molar-refractivity contribution in [1.82, 2.24) is 10.3 Å². The molecule has 2 aromatic rings. The molecule has 1 heterocycles. The third-order valence-corrected chi connectivity index (χ3v) is 3.70. The van der Waals surface area contributed by atoms with Crippen molar-refractivity contribution in [1.29, 1.82) is 0 Å². The highest BCUT2D eigenvalue weighted by molar-refractivity contribution is 5.75. The summed E-state index contributed by atoms with van der Waals surface area (Å²) in [5, 5.41) is 12.2. The van der Waals surface area contributed by atoms with Gasteiger partial charge in [0.15, 0.2) is 5.58 Å². The van der Waals surface area contributed by atoms with Crippen LogP contribution >= 0.6 is 0 Å². The number of rotatable bonds is 4. The zero-order valence-electron chi connectivity index (χ0n) is 10.3. The average molecular weight is 262 g/mol. The molecule has 1 saturated carbocycles. The van der Waals surface area contributed by atoms with Gasteiger partial charge in [0.2, 0.25) is 0 Å². The number of aliphatic carboxylic acids is 1. The minimum Gasteiger partial charge on any atom is -0.481 e. The molecule has 1 aliphatic carbocycles. The predicted molar refractivity (Wildman–Crippen MR) is 67.9 cm³/mol. The van der Waals surface area contributed by atoms with Crippen LogP contribution in [0.3, 0.4) is 0 Å². The molecule has 1 aromatic heterocycles. The summed E-state index contributed by atoms with van der Waals surface area (Å²) in [6.07, 6.45) is 0.681. The van der Waals surface area contributed by atoms with E-state index in [0.29, 0.717) is 17.5 Å². The van der Waals surface area contributed by atoms with E-state index in [1.165, 1.54) is 0 Å². The number of aromatic nitrogens is 1. The van der Waals surface area contributed by atoms with Crippen LogP contribution < -0.4 is 11.1 Å². The third kappa shape index (κ3) is 2.04. The SMILES string of the molecule is CNC(c1ccc2oc(=O)[nH]c2c1)C1CC1C(=O)O. The second kappa shape index (κ2) is 4.24. The number of hydrogen-bond acceptors (Lipinski definition) is 4. The van der Waals surface area contributed by atoms with E-state index in [2.05, 4.69) is 10.3 Å². The van der Waals surface area contributed by atoms with Crippen LogP contribution in [0.2, 0.25) is 0 Å². The summed E-state index contributed by atoms with van der Waals surface area (Å²) in [4.78, 5) is 24.7. The summed E-state index contributed by atoms with van der Waals surface area (Å²) < 4.78 is 4.95. The summed E-state index contributed by atoms with van der Waals surface area (Å²) in [6, 6.07) is 5.39. The molecule has 100 valence electrons. The Labute approximate surface area is 108 Å². The fourth-order valence-electron chi connectivity index (χ4n) is 2.66. The molecule has 1 aromatic carbocycles. The van der Waals surface area contributed by atoms with E-state index >= 15 is 0 Å². The minimum absolute atomic E-state index is 0.0242. The molecule has 0 bridgehead atoms. The number of carboxylic acids is 1. The first kappa shape index (κ1) is 12.0. The van der Waals surface area contributed by atoms with E-state index in [4.69, 9.17) is 9.52 Å². The van der Waals surface area contributed by atoms with Crippen LogP contribution in [0.1, 0.15) is 18.0 Å². The fraction of sp³-hybridized carbons (Fsp3) is 0.385. The van der Waals surface area contributed by atoms with Crippen LogP contribution in [-0.2, 0) is 4.79 Å². The van der Waals surface area contributed by atoms with E-state index in [1.54, 1.807) is 6.07 Å². The molecule has 19 heavy (non-hydrogen) atoms. The molecule has 3 rings (SSSR count). The van der Waals surface area contributed by atoms with E-state index in [9.17, 15) is 9.59 Å². The number of benzene rings is 1. The first-order valence-corrected chi connectivity index (χ1v) is 6.13. The Hall–Kier alpha value is -2.08. The van der Waals surface area contributed by atoms with Gasteiger partial charge < -0.3 is 14.8 Å². The average Bonchev–Trinajstić information content (AvgIpc) is 3.05. The Morgan fingerprint density at radius 3 is 3.00 bits per heavy atom. The summed E-state index contributed by atoms with van der Waals surface area (Å²) in [7, 11) is 1.81. The number of carboxylic acid groups (broad SMARTS) is 1. The molecule has 0 aliphatic heterocycles. The van der Waals surface area contributed by atoms with Crippen LogP contribution in [0.5, 0.6) is 0 Å². The van der Waals surface area contributed by atoms with Crippen molar-refractivity contribution in [3.8, 4) is 0 Å². The van der Waals surface area contributed by atoms with Gasteiger partial charge in [-0.2, -0.15) is 0 Å². The van der Waals surface area contributed by atoms with Crippen LogP contribution in [0.25, 0.3) is 11.1 Å². The van der Waals surface area contributed by atoms with Gasteiger partial charge in [0.25, 0.3) is 0 Å². The van der Waals surface area contributed by atoms with Gasteiger partial charge in [-0.15, -0.1) is 0 Å². The third-order valence-electron chi connectivity index (χ3n) is 3.70. The lowest BCUT2D eigenvalue weighted by molar-refractivity contribution is -0.138. The maximum absolute atomic E-state index is 11.1. The molecule has 0 saturated heterocycles. The molecule has 1 aliphatic rings. The molecular weight excluding hydrogens is 248 g/mol. The Morgan fingerprint density at radius 1 is 1.58 bits per heavy atom. The Kier molecular flexibility index (Phi) is 2.67. The summed E-state index contributed by atoms with van der Waals surface area (Å²) in [5.41, 5.74) is 2.10. The van der Waals surface area contributed by atoms with Crippen molar-refractivity contribution >= 4 is 17.1 Å². The number of hydrogen-bond donors (Lipinski definition) is 3. The fourth-order valence-corrected chi connectivity index (χ4v) is 2.66. The number of carbonyl (C=O) groups is 1. The molecule has 3 atom stereocenters. The smallest absolute Gasteiger partial charge is 0.417 e. The van der Waals surface area contributed by atoms with E-state index < -0.39 is 11.7 Å². The number of aromatic amines is 1. The lowest BCUT2D eigenvalue weighted by Gasteiger charge is -2.16. The number of oxazole rings is 1. The lowest BCUT2D eigenvalue weighted by Crippen LogP contribution is -2.20. The zero-order chi connectivity index (χ0) is 13.6. The first-order chi connectivity index (χ1) is 9.10. The molecule has 0 radical (unpaired) electrons. The second-order valence-corrected chi connectivity index (χ2v) is 4.88. The molecule has 0 amide bonds. The normalized spacial score (nSPS) is 23.4. The monoisotopic (exact) mass is 262 g/mol. The highest BCUT2D eigenvalue weighted by atomic mass is 16.4. The van der Waals surface area contributed by atoms with E-state index in [1.807, 2.05) is 19.2 Å². The quantitative estimate of drug-likeness (QED) is 0.767. The Bertz CT molecular complexity index is 687. The lowest BCUT2D eigenvalue weighted by atomic mass is 10.0. The van der Waals surface area contributed by atoms with Crippen LogP contribution in [-0.4, -0.2) is 23.1 Å². The molecule has 3 N–H and O–H groups in total. The van der Waals surface area contributed by atoms with Crippen molar-refractivity contribution in [3.63, 3.8) is 0 Å². The predicted octanol–water partition coefficient (Wildman–Crippen LogP) is 1.10. The summed E-state index contributed by atoms with van der Waals surface area (Å²) >= 11 is 0. The van der Waals surface area contributed by atoms with Crippen molar-refractivity contribution in [3.05, 3.63) is 34.3 Å². The highest BCUT2D eigenvalue weighted by Crippen LogP contribution is 2.47. The second-order valence-electron chi connectivity index (χ2n) is 4.88. The van der Waals surface area contributed by atoms with Crippen LogP contribution in [0.4, 0.5) is 0 Å². The Balaban J connectivity index is 1.93. The summed E-state index contributed by atoms with van der Waals surface area (Å²) in [6.45, 7) is 0. The van der Waals surface area contributed by atoms with Gasteiger partial charge in [0.1, 0.15) is 0 Å². The summed E-state index contributed by atoms with van der Waals surface area (Å²) in [5.74, 6) is -1.42. The van der Waals surface area contributed by atoms with Gasteiger partial charge >= 0.3 is 11.7 Å². The van der Waals surface area contributed by atoms with Crippen LogP contribution in [0, 0.1) is 11.8 Å². The number of nitrogens with one attached hydrogen (secondary N) is 2. The molecule has 6 nitrogen and oxygen atoms in total. The van der Waals surface area contributed by atoms with E-state index in [0.717, 1.165) is 5.56 Å². The maximum atomic E-state index is 11.1. The van der Waals surface area contributed by atoms with Crippen molar-refractivity contribution in [2.24, 2.45) is 11.8 Å².